The summed E-state index contributed by atoms with van der Waals surface area (Å²) in [6.45, 7) is 0. The molecule has 0 unspecified atom stereocenters. The van der Waals surface area contributed by atoms with Crippen molar-refractivity contribution in [2.75, 3.05) is 5.32 Å². The maximum Gasteiger partial charge on any atom is 0.248 e. The number of carbonyl (C=O) groups is 1. The van der Waals surface area contributed by atoms with Crippen molar-refractivity contribution in [2.24, 2.45) is 7.05 Å². The molecule has 2 aromatic heterocycles. The second-order valence-electron chi connectivity index (χ2n) is 4.56. The van der Waals surface area contributed by atoms with Crippen molar-refractivity contribution in [2.45, 2.75) is 10.1 Å². The Morgan fingerprint density at radius 2 is 2.33 bits per heavy atom. The number of halogens is 1. The van der Waals surface area contributed by atoms with Gasteiger partial charge in [-0.15, -0.1) is 16.4 Å². The number of tetrazole rings is 1. The standard InChI is InChI=1S/C14H11BrN6OS2/c1-21-14(18-19-20-21)24-12-4-2-9(15)6-11(12)17-13(22)5-3-10-7-23-8-16-10/h2-8H,1H3,(H,17,22)/b5-3+. The molecule has 0 aliphatic carbocycles. The molecule has 0 atom stereocenters. The first-order chi connectivity index (χ1) is 11.6. The number of anilines is 1. The van der Waals surface area contributed by atoms with Gasteiger partial charge in [0.2, 0.25) is 11.1 Å². The van der Waals surface area contributed by atoms with E-state index in [4.69, 9.17) is 0 Å². The molecule has 0 radical (unpaired) electrons. The first kappa shape index (κ1) is 16.8. The van der Waals surface area contributed by atoms with Gasteiger partial charge in [0.15, 0.2) is 0 Å². The highest BCUT2D eigenvalue weighted by atomic mass is 79.9. The van der Waals surface area contributed by atoms with Gasteiger partial charge in [-0.2, -0.15) is 0 Å². The van der Waals surface area contributed by atoms with E-state index >= 15 is 0 Å². The zero-order valence-corrected chi connectivity index (χ0v) is 15.6. The average molecular weight is 423 g/mol. The number of hydrogen-bond acceptors (Lipinski definition) is 7. The van der Waals surface area contributed by atoms with Crippen molar-refractivity contribution in [3.05, 3.63) is 45.3 Å². The van der Waals surface area contributed by atoms with Gasteiger partial charge in [0.05, 0.1) is 16.9 Å². The first-order valence-electron chi connectivity index (χ1n) is 6.69. The van der Waals surface area contributed by atoms with Gasteiger partial charge in [-0.1, -0.05) is 15.9 Å². The largest absolute Gasteiger partial charge is 0.321 e. The summed E-state index contributed by atoms with van der Waals surface area (Å²) >= 11 is 6.27. The number of thiazole rings is 1. The molecule has 122 valence electrons. The maximum atomic E-state index is 12.1. The fourth-order valence-corrected chi connectivity index (χ4v) is 3.42. The van der Waals surface area contributed by atoms with Crippen LogP contribution in [0.5, 0.6) is 0 Å². The van der Waals surface area contributed by atoms with E-state index in [9.17, 15) is 4.79 Å². The Labute approximate surface area is 154 Å². The molecule has 3 aromatic rings. The van der Waals surface area contributed by atoms with Crippen LogP contribution in [0.2, 0.25) is 0 Å². The third-order valence-electron chi connectivity index (χ3n) is 2.84. The van der Waals surface area contributed by atoms with Crippen LogP contribution in [0.3, 0.4) is 0 Å². The molecular formula is C14H11BrN6OS2. The van der Waals surface area contributed by atoms with Crippen LogP contribution in [-0.4, -0.2) is 31.1 Å². The summed E-state index contributed by atoms with van der Waals surface area (Å²) in [4.78, 5) is 17.1. The topological polar surface area (TPSA) is 85.6 Å². The first-order valence-corrected chi connectivity index (χ1v) is 9.24. The molecule has 1 N–H and O–H groups in total. The molecule has 7 nitrogen and oxygen atoms in total. The van der Waals surface area contributed by atoms with Gasteiger partial charge >= 0.3 is 0 Å². The summed E-state index contributed by atoms with van der Waals surface area (Å²) in [5, 5.41) is 16.7. The van der Waals surface area contributed by atoms with Crippen molar-refractivity contribution in [1.29, 1.82) is 0 Å². The van der Waals surface area contributed by atoms with Gasteiger partial charge in [0, 0.05) is 27.9 Å². The third-order valence-corrected chi connectivity index (χ3v) is 5.04. The number of aromatic nitrogens is 5. The number of benzene rings is 1. The van der Waals surface area contributed by atoms with Crippen LogP contribution in [0.1, 0.15) is 5.69 Å². The lowest BCUT2D eigenvalue weighted by Crippen LogP contribution is -2.08. The molecular weight excluding hydrogens is 412 g/mol. The van der Waals surface area contributed by atoms with E-state index in [0.29, 0.717) is 10.8 Å². The van der Waals surface area contributed by atoms with E-state index in [0.717, 1.165) is 15.1 Å². The van der Waals surface area contributed by atoms with Gasteiger partial charge in [0.1, 0.15) is 0 Å². The highest BCUT2D eigenvalue weighted by molar-refractivity contribution is 9.10. The summed E-state index contributed by atoms with van der Waals surface area (Å²) in [6.07, 6.45) is 3.12. The summed E-state index contributed by atoms with van der Waals surface area (Å²) in [5.41, 5.74) is 3.14. The SMILES string of the molecule is Cn1nnnc1Sc1ccc(Br)cc1NC(=O)/C=C/c1cscn1. The van der Waals surface area contributed by atoms with Crippen molar-refractivity contribution < 1.29 is 4.79 Å². The van der Waals surface area contributed by atoms with Gasteiger partial charge in [-0.25, -0.2) is 9.67 Å². The Hall–Kier alpha value is -2.04. The molecule has 24 heavy (non-hydrogen) atoms. The lowest BCUT2D eigenvalue weighted by atomic mass is 10.3. The van der Waals surface area contributed by atoms with Crippen molar-refractivity contribution >= 4 is 56.7 Å². The Morgan fingerprint density at radius 1 is 1.46 bits per heavy atom. The molecule has 0 spiro atoms. The Balaban J connectivity index is 1.78. The van der Waals surface area contributed by atoms with E-state index in [1.807, 2.05) is 23.6 Å². The number of hydrogen-bond donors (Lipinski definition) is 1. The van der Waals surface area contributed by atoms with Crippen molar-refractivity contribution in [3.8, 4) is 0 Å². The summed E-state index contributed by atoms with van der Waals surface area (Å²) in [6, 6.07) is 5.62. The number of rotatable bonds is 5. The van der Waals surface area contributed by atoms with Gasteiger partial charge in [-0.05, 0) is 46.5 Å². The van der Waals surface area contributed by atoms with E-state index in [1.54, 1.807) is 23.3 Å². The van der Waals surface area contributed by atoms with E-state index in [-0.39, 0.29) is 5.91 Å². The second kappa shape index (κ2) is 7.69. The number of nitrogens with zero attached hydrogens (tertiary/aromatic N) is 5. The monoisotopic (exact) mass is 422 g/mol. The Bertz CT molecular complexity index is 877. The molecule has 1 aromatic carbocycles. The minimum Gasteiger partial charge on any atom is -0.321 e. The molecule has 0 saturated carbocycles. The number of carbonyl (C=O) groups excluding carboxylic acids is 1. The lowest BCUT2D eigenvalue weighted by Gasteiger charge is -2.09. The van der Waals surface area contributed by atoms with E-state index < -0.39 is 0 Å². The van der Waals surface area contributed by atoms with Crippen molar-refractivity contribution in [1.82, 2.24) is 25.2 Å². The molecule has 0 saturated heterocycles. The van der Waals surface area contributed by atoms with Crippen LogP contribution in [0.25, 0.3) is 6.08 Å². The molecule has 3 rings (SSSR count). The van der Waals surface area contributed by atoms with Crippen molar-refractivity contribution in [3.63, 3.8) is 0 Å². The number of nitrogens with one attached hydrogen (secondary N) is 1. The molecule has 10 heteroatoms. The average Bonchev–Trinajstić information content (AvgIpc) is 3.20. The van der Waals surface area contributed by atoms with Crippen LogP contribution in [0.4, 0.5) is 5.69 Å². The summed E-state index contributed by atoms with van der Waals surface area (Å²) in [5.74, 6) is -0.237. The Kier molecular flexibility index (Phi) is 5.38. The highest BCUT2D eigenvalue weighted by Crippen LogP contribution is 2.33. The molecule has 0 fully saturated rings. The van der Waals surface area contributed by atoms with Gasteiger partial charge in [0.25, 0.3) is 0 Å². The predicted octanol–water partition coefficient (Wildman–Crippen LogP) is 3.23. The molecule has 0 bridgehead atoms. The fraction of sp³-hybridized carbons (Fsp3) is 0.0714. The van der Waals surface area contributed by atoms with Crippen LogP contribution in [0, 0.1) is 0 Å². The zero-order chi connectivity index (χ0) is 16.9. The minimum absolute atomic E-state index is 0.237. The quantitative estimate of drug-likeness (QED) is 0.635. The summed E-state index contributed by atoms with van der Waals surface area (Å²) < 4.78 is 2.43. The smallest absolute Gasteiger partial charge is 0.248 e. The second-order valence-corrected chi connectivity index (χ2v) is 7.21. The summed E-state index contributed by atoms with van der Waals surface area (Å²) in [7, 11) is 1.76. The van der Waals surface area contributed by atoms with Crippen LogP contribution in [-0.2, 0) is 11.8 Å². The van der Waals surface area contributed by atoms with Crippen LogP contribution in [0.15, 0.2) is 49.7 Å². The number of aryl methyl sites for hydroxylation is 1. The lowest BCUT2D eigenvalue weighted by molar-refractivity contribution is -0.111. The normalized spacial score (nSPS) is 11.1. The Morgan fingerprint density at radius 3 is 3.04 bits per heavy atom. The third kappa shape index (κ3) is 4.28. The minimum atomic E-state index is -0.237. The zero-order valence-electron chi connectivity index (χ0n) is 12.4. The predicted molar refractivity (Wildman–Crippen MR) is 96.8 cm³/mol. The molecule has 0 aliphatic rings. The van der Waals surface area contributed by atoms with E-state index in [2.05, 4.69) is 41.8 Å². The maximum absolute atomic E-state index is 12.1. The molecule has 1 amide bonds. The molecule has 2 heterocycles. The van der Waals surface area contributed by atoms with Crippen LogP contribution >= 0.6 is 39.0 Å². The molecule has 0 aliphatic heterocycles. The fourth-order valence-electron chi connectivity index (χ4n) is 1.73. The van der Waals surface area contributed by atoms with E-state index in [1.165, 1.54) is 29.2 Å². The highest BCUT2D eigenvalue weighted by Gasteiger charge is 2.11. The van der Waals surface area contributed by atoms with Crippen LogP contribution < -0.4 is 5.32 Å². The van der Waals surface area contributed by atoms with Gasteiger partial charge < -0.3 is 5.32 Å². The number of amides is 1. The van der Waals surface area contributed by atoms with Gasteiger partial charge in [-0.3, -0.25) is 4.79 Å².